The van der Waals surface area contributed by atoms with Crippen molar-refractivity contribution in [1.82, 2.24) is 0 Å². The van der Waals surface area contributed by atoms with Crippen molar-refractivity contribution in [2.75, 3.05) is 0 Å². The summed E-state index contributed by atoms with van der Waals surface area (Å²) in [5.41, 5.74) is 6.41. The average molecular weight is 216 g/mol. The number of benzene rings is 1. The molecular formula is C10H11Cl2N. The fourth-order valence-corrected chi connectivity index (χ4v) is 0.856. The van der Waals surface area contributed by atoms with Crippen molar-refractivity contribution < 1.29 is 0 Å². The van der Waals surface area contributed by atoms with E-state index in [-0.39, 0.29) is 18.4 Å². The number of rotatable bonds is 0. The van der Waals surface area contributed by atoms with Crippen molar-refractivity contribution in [3.63, 3.8) is 0 Å². The minimum Gasteiger partial charge on any atom is -0.318 e. The molecule has 0 aliphatic carbocycles. The topological polar surface area (TPSA) is 26.0 Å². The van der Waals surface area contributed by atoms with Crippen LogP contribution in [0.2, 0.25) is 5.02 Å². The van der Waals surface area contributed by atoms with Crippen molar-refractivity contribution in [1.29, 1.82) is 0 Å². The first-order chi connectivity index (χ1) is 5.68. The number of hydrogen-bond donors (Lipinski definition) is 1. The predicted octanol–water partition coefficient (Wildman–Crippen LogP) is 2.46. The van der Waals surface area contributed by atoms with E-state index < -0.39 is 0 Å². The lowest BCUT2D eigenvalue weighted by Crippen LogP contribution is -2.10. The van der Waals surface area contributed by atoms with Gasteiger partial charge in [-0.15, -0.1) is 12.4 Å². The molecule has 0 aliphatic heterocycles. The zero-order valence-electron chi connectivity index (χ0n) is 7.25. The number of hydrogen-bond acceptors (Lipinski definition) is 1. The summed E-state index contributed by atoms with van der Waals surface area (Å²) in [7, 11) is 0. The SMILES string of the molecule is CC(N)C#Cc1ccc(Cl)cc1.Cl. The third-order valence-corrected chi connectivity index (χ3v) is 1.54. The molecule has 0 amide bonds. The highest BCUT2D eigenvalue weighted by Crippen LogP contribution is 2.08. The third kappa shape index (κ3) is 4.80. The van der Waals surface area contributed by atoms with Gasteiger partial charge in [0.25, 0.3) is 0 Å². The Hall–Kier alpha value is -0.680. The van der Waals surface area contributed by atoms with Crippen molar-refractivity contribution in [2.45, 2.75) is 13.0 Å². The van der Waals surface area contributed by atoms with Crippen LogP contribution in [0.1, 0.15) is 12.5 Å². The summed E-state index contributed by atoms with van der Waals surface area (Å²) >= 11 is 5.70. The monoisotopic (exact) mass is 215 g/mol. The molecule has 0 heterocycles. The molecular weight excluding hydrogens is 205 g/mol. The second kappa shape index (κ2) is 5.88. The quantitative estimate of drug-likeness (QED) is 0.662. The van der Waals surface area contributed by atoms with Gasteiger partial charge in [0.15, 0.2) is 0 Å². The Labute approximate surface area is 89.7 Å². The second-order valence-corrected chi connectivity index (χ2v) is 3.00. The lowest BCUT2D eigenvalue weighted by molar-refractivity contribution is 0.959. The van der Waals surface area contributed by atoms with E-state index in [9.17, 15) is 0 Å². The normalized spacial score (nSPS) is 10.7. The first kappa shape index (κ1) is 12.3. The third-order valence-electron chi connectivity index (χ3n) is 1.29. The highest BCUT2D eigenvalue weighted by molar-refractivity contribution is 6.30. The molecule has 70 valence electrons. The van der Waals surface area contributed by atoms with Crippen LogP contribution >= 0.6 is 24.0 Å². The van der Waals surface area contributed by atoms with E-state index in [0.29, 0.717) is 0 Å². The van der Waals surface area contributed by atoms with Crippen LogP contribution in [-0.2, 0) is 0 Å². The molecule has 0 bridgehead atoms. The highest BCUT2D eigenvalue weighted by atomic mass is 35.5. The van der Waals surface area contributed by atoms with Crippen LogP contribution in [-0.4, -0.2) is 6.04 Å². The van der Waals surface area contributed by atoms with Crippen molar-refractivity contribution in [3.05, 3.63) is 34.9 Å². The largest absolute Gasteiger partial charge is 0.318 e. The predicted molar refractivity (Wildman–Crippen MR) is 59.2 cm³/mol. The van der Waals surface area contributed by atoms with Gasteiger partial charge in [-0.25, -0.2) is 0 Å². The van der Waals surface area contributed by atoms with Crippen molar-refractivity contribution >= 4 is 24.0 Å². The molecule has 1 rings (SSSR count). The fraction of sp³-hybridized carbons (Fsp3) is 0.200. The lowest BCUT2D eigenvalue weighted by atomic mass is 10.2. The molecule has 1 unspecified atom stereocenters. The Bertz CT molecular complexity index is 306. The minimum absolute atomic E-state index is 0. The van der Waals surface area contributed by atoms with Gasteiger partial charge in [0, 0.05) is 10.6 Å². The molecule has 0 saturated heterocycles. The summed E-state index contributed by atoms with van der Waals surface area (Å²) in [5.74, 6) is 5.80. The van der Waals surface area contributed by atoms with Gasteiger partial charge in [0.2, 0.25) is 0 Å². The fourth-order valence-electron chi connectivity index (χ4n) is 0.730. The Kier molecular flexibility index (Phi) is 5.57. The maximum atomic E-state index is 5.70. The first-order valence-electron chi connectivity index (χ1n) is 3.71. The van der Waals surface area contributed by atoms with Crippen LogP contribution in [0.25, 0.3) is 0 Å². The van der Waals surface area contributed by atoms with Crippen LogP contribution in [0.5, 0.6) is 0 Å². The molecule has 1 aromatic carbocycles. The van der Waals surface area contributed by atoms with Crippen molar-refractivity contribution in [3.8, 4) is 11.8 Å². The zero-order valence-corrected chi connectivity index (χ0v) is 8.82. The van der Waals surface area contributed by atoms with Gasteiger partial charge in [-0.1, -0.05) is 23.4 Å². The maximum Gasteiger partial charge on any atom is 0.0639 e. The lowest BCUT2D eigenvalue weighted by Gasteiger charge is -1.91. The van der Waals surface area contributed by atoms with E-state index in [2.05, 4.69) is 11.8 Å². The zero-order chi connectivity index (χ0) is 8.97. The Balaban J connectivity index is 0.00000144. The van der Waals surface area contributed by atoms with Gasteiger partial charge in [0.1, 0.15) is 0 Å². The molecule has 0 aliphatic rings. The smallest absolute Gasteiger partial charge is 0.0639 e. The van der Waals surface area contributed by atoms with E-state index in [1.807, 2.05) is 31.2 Å². The van der Waals surface area contributed by atoms with E-state index in [4.69, 9.17) is 17.3 Å². The summed E-state index contributed by atoms with van der Waals surface area (Å²) in [6, 6.07) is 7.29. The first-order valence-corrected chi connectivity index (χ1v) is 4.09. The average Bonchev–Trinajstić information content (AvgIpc) is 2.03. The molecule has 1 atom stereocenters. The van der Waals surface area contributed by atoms with Crippen LogP contribution < -0.4 is 5.73 Å². The molecule has 0 radical (unpaired) electrons. The van der Waals surface area contributed by atoms with E-state index in [1.165, 1.54) is 0 Å². The molecule has 0 spiro atoms. The van der Waals surface area contributed by atoms with E-state index in [0.717, 1.165) is 10.6 Å². The molecule has 0 fully saturated rings. The van der Waals surface area contributed by atoms with Crippen molar-refractivity contribution in [2.24, 2.45) is 5.73 Å². The summed E-state index contributed by atoms with van der Waals surface area (Å²) in [5, 5.41) is 0.723. The van der Waals surface area contributed by atoms with Gasteiger partial charge >= 0.3 is 0 Å². The van der Waals surface area contributed by atoms with Gasteiger partial charge in [-0.2, -0.15) is 0 Å². The van der Waals surface area contributed by atoms with E-state index in [1.54, 1.807) is 0 Å². The summed E-state index contributed by atoms with van der Waals surface area (Å²) < 4.78 is 0. The van der Waals surface area contributed by atoms with Crippen LogP contribution in [0.15, 0.2) is 24.3 Å². The van der Waals surface area contributed by atoms with Crippen LogP contribution in [0.3, 0.4) is 0 Å². The molecule has 2 N–H and O–H groups in total. The van der Waals surface area contributed by atoms with Gasteiger partial charge < -0.3 is 5.73 Å². The van der Waals surface area contributed by atoms with E-state index >= 15 is 0 Å². The molecule has 1 nitrogen and oxygen atoms in total. The van der Waals surface area contributed by atoms with Gasteiger partial charge in [-0.05, 0) is 31.2 Å². The minimum atomic E-state index is -0.0827. The molecule has 13 heavy (non-hydrogen) atoms. The molecule has 0 aromatic heterocycles. The van der Waals surface area contributed by atoms with Gasteiger partial charge in [0.05, 0.1) is 6.04 Å². The van der Waals surface area contributed by atoms with Gasteiger partial charge in [-0.3, -0.25) is 0 Å². The summed E-state index contributed by atoms with van der Waals surface area (Å²) in [6.45, 7) is 1.85. The Morgan fingerprint density at radius 1 is 1.31 bits per heavy atom. The maximum absolute atomic E-state index is 5.70. The summed E-state index contributed by atoms with van der Waals surface area (Å²) in [6.07, 6.45) is 0. The molecule has 1 aromatic rings. The number of nitrogens with two attached hydrogens (primary N) is 1. The van der Waals surface area contributed by atoms with Crippen LogP contribution in [0.4, 0.5) is 0 Å². The highest BCUT2D eigenvalue weighted by Gasteiger charge is 1.87. The van der Waals surface area contributed by atoms with Crippen LogP contribution in [0, 0.1) is 11.8 Å². The molecule has 0 saturated carbocycles. The Morgan fingerprint density at radius 3 is 2.31 bits per heavy atom. The Morgan fingerprint density at radius 2 is 1.85 bits per heavy atom. The molecule has 3 heteroatoms. The standard InChI is InChI=1S/C10H10ClN.ClH/c1-8(12)2-3-9-4-6-10(11)7-5-9;/h4-8H,12H2,1H3;1H. The summed E-state index contributed by atoms with van der Waals surface area (Å²) in [4.78, 5) is 0. The second-order valence-electron chi connectivity index (χ2n) is 2.56. The number of halogens is 2.